The number of pyridine rings is 1. The van der Waals surface area contributed by atoms with E-state index in [1.165, 1.54) is 0 Å². The Labute approximate surface area is 75.4 Å². The Balaban J connectivity index is 2.41. The Bertz CT molecular complexity index is 261. The standard InChI is InChI=1S/C10H16N2/c1-9(2)6-8-12-10-5-3-4-7-11-10/h3-5,7,9H,6,8H2,1-2H3,(H,11,12)/i5D. The Morgan fingerprint density at radius 2 is 2.42 bits per heavy atom. The molecule has 0 aliphatic rings. The van der Waals surface area contributed by atoms with Gasteiger partial charge in [-0.25, -0.2) is 4.98 Å². The van der Waals surface area contributed by atoms with E-state index >= 15 is 0 Å². The number of anilines is 1. The summed E-state index contributed by atoms with van der Waals surface area (Å²) >= 11 is 0. The van der Waals surface area contributed by atoms with E-state index in [4.69, 9.17) is 1.37 Å². The summed E-state index contributed by atoms with van der Waals surface area (Å²) in [5, 5.41) is 3.15. The first kappa shape index (κ1) is 7.59. The SMILES string of the molecule is [2H]c1cccnc1NCCC(C)C. The molecule has 1 aromatic rings. The number of hydrogen-bond acceptors (Lipinski definition) is 2. The number of rotatable bonds is 4. The molecule has 2 heteroatoms. The minimum absolute atomic E-state index is 0.464. The van der Waals surface area contributed by atoms with E-state index in [0.717, 1.165) is 13.0 Å². The van der Waals surface area contributed by atoms with Crippen molar-refractivity contribution in [3.05, 3.63) is 24.4 Å². The molecule has 0 bridgehead atoms. The number of aromatic nitrogens is 1. The zero-order valence-corrected chi connectivity index (χ0v) is 7.67. The minimum atomic E-state index is 0.464. The van der Waals surface area contributed by atoms with Crippen LogP contribution in [-0.4, -0.2) is 11.5 Å². The Hall–Kier alpha value is -1.05. The van der Waals surface area contributed by atoms with Crippen molar-refractivity contribution in [1.82, 2.24) is 4.98 Å². The molecule has 0 aromatic carbocycles. The molecule has 0 unspecified atom stereocenters. The molecule has 0 atom stereocenters. The first-order valence-corrected chi connectivity index (χ1v) is 4.35. The molecule has 0 radical (unpaired) electrons. The van der Waals surface area contributed by atoms with E-state index in [-0.39, 0.29) is 0 Å². The van der Waals surface area contributed by atoms with Crippen LogP contribution in [-0.2, 0) is 0 Å². The smallest absolute Gasteiger partial charge is 0.125 e. The van der Waals surface area contributed by atoms with Crippen molar-refractivity contribution < 1.29 is 1.37 Å². The van der Waals surface area contributed by atoms with Gasteiger partial charge in [-0.2, -0.15) is 0 Å². The molecule has 2 nitrogen and oxygen atoms in total. The van der Waals surface area contributed by atoms with Gasteiger partial charge in [0.2, 0.25) is 0 Å². The fraction of sp³-hybridized carbons (Fsp3) is 0.500. The van der Waals surface area contributed by atoms with Gasteiger partial charge in [0.1, 0.15) is 5.82 Å². The lowest BCUT2D eigenvalue weighted by Gasteiger charge is -2.06. The highest BCUT2D eigenvalue weighted by Crippen LogP contribution is 2.02. The third kappa shape index (κ3) is 3.37. The van der Waals surface area contributed by atoms with Crippen LogP contribution in [0.2, 0.25) is 0 Å². The average molecular weight is 165 g/mol. The number of nitrogens with zero attached hydrogens (tertiary/aromatic N) is 1. The molecule has 0 saturated heterocycles. The molecule has 0 amide bonds. The van der Waals surface area contributed by atoms with Crippen molar-refractivity contribution in [2.24, 2.45) is 5.92 Å². The summed E-state index contributed by atoms with van der Waals surface area (Å²) in [5.74, 6) is 1.37. The Morgan fingerprint density at radius 1 is 1.58 bits per heavy atom. The highest BCUT2D eigenvalue weighted by atomic mass is 15.0. The van der Waals surface area contributed by atoms with E-state index < -0.39 is 0 Å². The van der Waals surface area contributed by atoms with Gasteiger partial charge in [-0.1, -0.05) is 19.9 Å². The topological polar surface area (TPSA) is 24.9 Å². The summed E-state index contributed by atoms with van der Waals surface area (Å²) in [7, 11) is 0. The quantitative estimate of drug-likeness (QED) is 0.741. The Morgan fingerprint density at radius 3 is 3.08 bits per heavy atom. The third-order valence-corrected chi connectivity index (χ3v) is 1.62. The van der Waals surface area contributed by atoms with Crippen LogP contribution >= 0.6 is 0 Å². The minimum Gasteiger partial charge on any atom is -0.370 e. The van der Waals surface area contributed by atoms with Gasteiger partial charge in [0, 0.05) is 12.7 Å². The van der Waals surface area contributed by atoms with Gasteiger partial charge in [0.25, 0.3) is 0 Å². The van der Waals surface area contributed by atoms with Gasteiger partial charge in [-0.05, 0) is 24.4 Å². The molecule has 0 saturated carbocycles. The molecular weight excluding hydrogens is 148 g/mol. The lowest BCUT2D eigenvalue weighted by molar-refractivity contribution is 0.606. The lowest BCUT2D eigenvalue weighted by atomic mass is 10.1. The zero-order chi connectivity index (χ0) is 9.68. The van der Waals surface area contributed by atoms with Gasteiger partial charge in [-0.3, -0.25) is 0 Å². The maximum Gasteiger partial charge on any atom is 0.125 e. The predicted molar refractivity (Wildman–Crippen MR) is 52.2 cm³/mol. The average Bonchev–Trinajstić information content (AvgIpc) is 2.08. The van der Waals surface area contributed by atoms with E-state index in [1.807, 2.05) is 0 Å². The summed E-state index contributed by atoms with van der Waals surface area (Å²) in [6.45, 7) is 5.25. The molecule has 1 heterocycles. The summed E-state index contributed by atoms with van der Waals surface area (Å²) in [5.41, 5.74) is 0. The molecule has 12 heavy (non-hydrogen) atoms. The monoisotopic (exact) mass is 165 g/mol. The third-order valence-electron chi connectivity index (χ3n) is 1.62. The van der Waals surface area contributed by atoms with Crippen LogP contribution in [0.4, 0.5) is 5.82 Å². The first-order chi connectivity index (χ1) is 6.20. The summed E-state index contributed by atoms with van der Waals surface area (Å²) in [6.07, 6.45) is 2.81. The molecule has 0 aliphatic carbocycles. The van der Waals surface area contributed by atoms with Crippen LogP contribution in [0.25, 0.3) is 0 Å². The normalized spacial score (nSPS) is 11.4. The van der Waals surface area contributed by atoms with Crippen LogP contribution in [0.15, 0.2) is 24.4 Å². The fourth-order valence-electron chi connectivity index (χ4n) is 0.901. The molecule has 1 N–H and O–H groups in total. The van der Waals surface area contributed by atoms with Crippen molar-refractivity contribution in [2.75, 3.05) is 11.9 Å². The number of hydrogen-bond donors (Lipinski definition) is 1. The van der Waals surface area contributed by atoms with Crippen molar-refractivity contribution in [1.29, 1.82) is 0 Å². The molecule has 66 valence electrons. The van der Waals surface area contributed by atoms with Crippen molar-refractivity contribution in [3.63, 3.8) is 0 Å². The second kappa shape index (κ2) is 4.75. The van der Waals surface area contributed by atoms with E-state index in [0.29, 0.717) is 17.8 Å². The Kier molecular flexibility index (Phi) is 3.01. The summed E-state index contributed by atoms with van der Waals surface area (Å²) < 4.78 is 7.53. The molecule has 1 aromatic heterocycles. The molecule has 0 aliphatic heterocycles. The van der Waals surface area contributed by atoms with Crippen LogP contribution in [0.3, 0.4) is 0 Å². The molecular formula is C10H16N2. The fourth-order valence-corrected chi connectivity index (χ4v) is 0.901. The van der Waals surface area contributed by atoms with Gasteiger partial charge >= 0.3 is 0 Å². The van der Waals surface area contributed by atoms with Crippen LogP contribution in [0, 0.1) is 5.92 Å². The van der Waals surface area contributed by atoms with Gasteiger partial charge < -0.3 is 5.32 Å². The second-order valence-corrected chi connectivity index (χ2v) is 3.24. The predicted octanol–water partition coefficient (Wildman–Crippen LogP) is 2.54. The largest absolute Gasteiger partial charge is 0.370 e. The summed E-state index contributed by atoms with van der Waals surface area (Å²) in [4.78, 5) is 4.08. The van der Waals surface area contributed by atoms with Gasteiger partial charge in [-0.15, -0.1) is 0 Å². The van der Waals surface area contributed by atoms with Crippen molar-refractivity contribution >= 4 is 5.82 Å². The highest BCUT2D eigenvalue weighted by molar-refractivity contribution is 5.32. The van der Waals surface area contributed by atoms with Gasteiger partial charge in [0.15, 0.2) is 0 Å². The van der Waals surface area contributed by atoms with Crippen LogP contribution < -0.4 is 5.32 Å². The van der Waals surface area contributed by atoms with E-state index in [2.05, 4.69) is 24.1 Å². The number of nitrogens with one attached hydrogen (secondary N) is 1. The molecule has 0 spiro atoms. The second-order valence-electron chi connectivity index (χ2n) is 3.24. The molecule has 1 rings (SSSR count). The maximum absolute atomic E-state index is 7.53. The summed E-state index contributed by atoms with van der Waals surface area (Å²) in [6, 6.07) is 3.98. The van der Waals surface area contributed by atoms with E-state index in [9.17, 15) is 0 Å². The van der Waals surface area contributed by atoms with Gasteiger partial charge in [0.05, 0.1) is 1.37 Å². The van der Waals surface area contributed by atoms with Crippen molar-refractivity contribution in [3.8, 4) is 0 Å². The van der Waals surface area contributed by atoms with Crippen molar-refractivity contribution in [2.45, 2.75) is 20.3 Å². The maximum atomic E-state index is 7.53. The zero-order valence-electron chi connectivity index (χ0n) is 8.67. The first-order valence-electron chi connectivity index (χ1n) is 4.85. The van der Waals surface area contributed by atoms with Crippen LogP contribution in [0.1, 0.15) is 21.6 Å². The molecule has 0 fully saturated rings. The lowest BCUT2D eigenvalue weighted by Crippen LogP contribution is -2.05. The van der Waals surface area contributed by atoms with E-state index in [1.54, 1.807) is 18.3 Å². The van der Waals surface area contributed by atoms with Crippen LogP contribution in [0.5, 0.6) is 0 Å². The highest BCUT2D eigenvalue weighted by Gasteiger charge is 1.93.